The molecule has 2 aliphatic rings. The summed E-state index contributed by atoms with van der Waals surface area (Å²) in [4.78, 5) is 26.9. The molecule has 168 valence electrons. The fourth-order valence-electron chi connectivity index (χ4n) is 4.70. The summed E-state index contributed by atoms with van der Waals surface area (Å²) in [5.41, 5.74) is 0.0806. The number of hydrogen-bond acceptors (Lipinski definition) is 4. The molecule has 1 aliphatic carbocycles. The highest BCUT2D eigenvalue weighted by Gasteiger charge is 2.60. The molecule has 1 heterocycles. The minimum absolute atomic E-state index is 0.0359. The van der Waals surface area contributed by atoms with Crippen molar-refractivity contribution in [3.8, 4) is 0 Å². The maximum atomic E-state index is 13.8. The highest BCUT2D eigenvalue weighted by molar-refractivity contribution is 6.74. The van der Waals surface area contributed by atoms with Crippen LogP contribution in [0.4, 0.5) is 0 Å². The van der Waals surface area contributed by atoms with E-state index in [4.69, 9.17) is 9.16 Å². The summed E-state index contributed by atoms with van der Waals surface area (Å²) in [6.07, 6.45) is 5.09. The van der Waals surface area contributed by atoms with Crippen LogP contribution in [-0.2, 0) is 18.8 Å². The Morgan fingerprint density at radius 3 is 2.19 bits per heavy atom. The first-order chi connectivity index (χ1) is 14.5. The lowest BCUT2D eigenvalue weighted by atomic mass is 9.77. The van der Waals surface area contributed by atoms with Gasteiger partial charge in [0.2, 0.25) is 0 Å². The Hall–Kier alpha value is -1.98. The third-order valence-corrected chi connectivity index (χ3v) is 12.1. The van der Waals surface area contributed by atoms with Gasteiger partial charge in [-0.1, -0.05) is 63.3 Å². The normalized spacial score (nSPS) is 26.5. The fraction of sp³-hybridized carbons (Fsp3) is 0.538. The van der Waals surface area contributed by atoms with Crippen molar-refractivity contribution in [2.24, 2.45) is 17.8 Å². The molecule has 1 aromatic rings. The Labute approximate surface area is 187 Å². The molecule has 0 bridgehead atoms. The molecule has 0 amide bonds. The van der Waals surface area contributed by atoms with E-state index in [1.54, 1.807) is 0 Å². The lowest BCUT2D eigenvalue weighted by molar-refractivity contribution is -0.156. The average molecular weight is 441 g/mol. The highest BCUT2D eigenvalue weighted by Crippen LogP contribution is 2.53. The molecule has 1 saturated heterocycles. The Kier molecular flexibility index (Phi) is 6.50. The number of carbonyl (C=O) groups is 2. The number of ether oxygens (including phenoxy) is 1. The smallest absolute Gasteiger partial charge is 0.317 e. The summed E-state index contributed by atoms with van der Waals surface area (Å²) < 4.78 is 12.6. The number of esters is 1. The molecule has 5 heteroatoms. The van der Waals surface area contributed by atoms with Gasteiger partial charge in [0, 0.05) is 18.3 Å². The zero-order valence-corrected chi connectivity index (χ0v) is 20.5. The molecule has 0 aromatic heterocycles. The van der Waals surface area contributed by atoms with Crippen molar-refractivity contribution in [3.63, 3.8) is 0 Å². The van der Waals surface area contributed by atoms with Crippen LogP contribution in [0.25, 0.3) is 0 Å². The summed E-state index contributed by atoms with van der Waals surface area (Å²) in [5, 5.41) is -0.0644. The van der Waals surface area contributed by atoms with Gasteiger partial charge in [-0.2, -0.15) is 0 Å². The molecule has 31 heavy (non-hydrogen) atoms. The van der Waals surface area contributed by atoms with Crippen molar-refractivity contribution >= 4 is 20.1 Å². The van der Waals surface area contributed by atoms with E-state index in [9.17, 15) is 9.59 Å². The molecule has 1 unspecified atom stereocenters. The molecule has 4 atom stereocenters. The van der Waals surface area contributed by atoms with Gasteiger partial charge in [0.05, 0.1) is 0 Å². The van der Waals surface area contributed by atoms with E-state index in [2.05, 4.69) is 47.0 Å². The molecule has 0 N–H and O–H groups in total. The van der Waals surface area contributed by atoms with Gasteiger partial charge in [0.15, 0.2) is 14.1 Å². The summed E-state index contributed by atoms with van der Waals surface area (Å²) in [6, 6.07) is 9.52. The van der Waals surface area contributed by atoms with E-state index in [-0.39, 0.29) is 22.7 Å². The third-order valence-electron chi connectivity index (χ3n) is 7.63. The molecule has 1 aliphatic heterocycles. The van der Waals surface area contributed by atoms with Crippen molar-refractivity contribution in [2.45, 2.75) is 69.9 Å². The largest absolute Gasteiger partial charge is 0.457 e. The van der Waals surface area contributed by atoms with Crippen molar-refractivity contribution in [3.05, 3.63) is 61.2 Å². The molecule has 1 aromatic carbocycles. The maximum Gasteiger partial charge on any atom is 0.317 e. The van der Waals surface area contributed by atoms with Crippen LogP contribution in [0, 0.1) is 17.8 Å². The number of benzene rings is 1. The Morgan fingerprint density at radius 1 is 1.16 bits per heavy atom. The third kappa shape index (κ3) is 4.22. The molecule has 2 fully saturated rings. The van der Waals surface area contributed by atoms with Gasteiger partial charge in [-0.25, -0.2) is 0 Å². The standard InChI is InChI=1S/C26H36O4Si/c1-8-19-15-16-20(9-2)26(19)17-21(24(28)29-26)22(27)23(18-13-11-10-12-14-18)30-31(6,7)25(3,4)5/h8-14,19-21,23H,1-2,15-17H2,3-7H3/t19-,20-,21?,23+/m1/s1. The molecule has 3 rings (SSSR count). The van der Waals surface area contributed by atoms with Crippen molar-refractivity contribution in [1.82, 2.24) is 0 Å². The predicted molar refractivity (Wildman–Crippen MR) is 126 cm³/mol. The SMILES string of the molecule is C=C[C@@H]1CC[C@@H](C=C)C12CC(C(=O)[C@@H](O[Si](C)(C)C(C)(C)C)c1ccccc1)C(=O)O2. The highest BCUT2D eigenvalue weighted by atomic mass is 28.4. The number of ketones is 1. The van der Waals surface area contributed by atoms with E-state index in [0.29, 0.717) is 6.42 Å². The van der Waals surface area contributed by atoms with Crippen LogP contribution in [0.15, 0.2) is 55.6 Å². The Balaban J connectivity index is 1.96. The molecule has 0 radical (unpaired) electrons. The molecular formula is C26H36O4Si. The van der Waals surface area contributed by atoms with E-state index >= 15 is 0 Å². The molecule has 1 spiro atoms. The van der Waals surface area contributed by atoms with Crippen LogP contribution in [0.1, 0.15) is 51.7 Å². The second kappa shape index (κ2) is 8.51. The molecule has 4 nitrogen and oxygen atoms in total. The van der Waals surface area contributed by atoms with E-state index in [1.807, 2.05) is 42.5 Å². The molecular weight excluding hydrogens is 404 g/mol. The summed E-state index contributed by atoms with van der Waals surface area (Å²) in [5.74, 6) is -1.40. The van der Waals surface area contributed by atoms with Gasteiger partial charge in [0.25, 0.3) is 0 Å². The summed E-state index contributed by atoms with van der Waals surface area (Å²) in [7, 11) is -2.27. The van der Waals surface area contributed by atoms with Crippen LogP contribution < -0.4 is 0 Å². The van der Waals surface area contributed by atoms with Crippen LogP contribution in [-0.4, -0.2) is 25.7 Å². The van der Waals surface area contributed by atoms with Gasteiger partial charge >= 0.3 is 5.97 Å². The van der Waals surface area contributed by atoms with Gasteiger partial charge in [-0.3, -0.25) is 9.59 Å². The van der Waals surface area contributed by atoms with Crippen molar-refractivity contribution in [2.75, 3.05) is 0 Å². The summed E-state index contributed by atoms with van der Waals surface area (Å²) in [6.45, 7) is 18.6. The van der Waals surface area contributed by atoms with Gasteiger partial charge in [0.1, 0.15) is 17.6 Å². The van der Waals surface area contributed by atoms with Crippen LogP contribution >= 0.6 is 0 Å². The Bertz CT molecular complexity index is 836. The quantitative estimate of drug-likeness (QED) is 0.225. The zero-order valence-electron chi connectivity index (χ0n) is 19.5. The minimum atomic E-state index is -2.27. The first-order valence-corrected chi connectivity index (χ1v) is 14.1. The van der Waals surface area contributed by atoms with E-state index in [0.717, 1.165) is 18.4 Å². The topological polar surface area (TPSA) is 52.6 Å². The maximum absolute atomic E-state index is 13.8. The average Bonchev–Trinajstić information content (AvgIpc) is 3.24. The number of rotatable bonds is 7. The lowest BCUT2D eigenvalue weighted by Crippen LogP contribution is -2.44. The lowest BCUT2D eigenvalue weighted by Gasteiger charge is -2.39. The first kappa shape index (κ1) is 23.7. The minimum Gasteiger partial charge on any atom is -0.457 e. The van der Waals surface area contributed by atoms with Gasteiger partial charge in [-0.05, 0) is 36.5 Å². The number of hydrogen-bond donors (Lipinski definition) is 0. The second-order valence-electron chi connectivity index (χ2n) is 10.5. The number of Topliss-reactive ketones (excluding diaryl/α,β-unsaturated/α-hetero) is 1. The second-order valence-corrected chi connectivity index (χ2v) is 15.2. The monoisotopic (exact) mass is 440 g/mol. The van der Waals surface area contributed by atoms with Crippen LogP contribution in [0.2, 0.25) is 18.1 Å². The first-order valence-electron chi connectivity index (χ1n) is 11.2. The zero-order chi connectivity index (χ0) is 23.0. The van der Waals surface area contributed by atoms with Crippen molar-refractivity contribution < 1.29 is 18.8 Å². The van der Waals surface area contributed by atoms with Gasteiger partial charge < -0.3 is 9.16 Å². The molecule has 1 saturated carbocycles. The van der Waals surface area contributed by atoms with Crippen LogP contribution in [0.5, 0.6) is 0 Å². The summed E-state index contributed by atoms with van der Waals surface area (Å²) >= 11 is 0. The van der Waals surface area contributed by atoms with E-state index < -0.39 is 31.9 Å². The Morgan fingerprint density at radius 2 is 1.71 bits per heavy atom. The predicted octanol–water partition coefficient (Wildman–Crippen LogP) is 6.02. The van der Waals surface area contributed by atoms with Gasteiger partial charge in [-0.15, -0.1) is 13.2 Å². The van der Waals surface area contributed by atoms with Crippen LogP contribution in [0.3, 0.4) is 0 Å². The fourth-order valence-corrected chi connectivity index (χ4v) is 5.90. The van der Waals surface area contributed by atoms with Crippen molar-refractivity contribution in [1.29, 1.82) is 0 Å². The number of carbonyl (C=O) groups excluding carboxylic acids is 2. The van der Waals surface area contributed by atoms with E-state index in [1.165, 1.54) is 0 Å².